The van der Waals surface area contributed by atoms with Crippen LogP contribution in [-0.4, -0.2) is 37.2 Å². The van der Waals surface area contributed by atoms with E-state index in [9.17, 15) is 14.4 Å². The highest BCUT2D eigenvalue weighted by molar-refractivity contribution is 5.71. The van der Waals surface area contributed by atoms with Crippen molar-refractivity contribution in [2.75, 3.05) is 13.2 Å². The summed E-state index contributed by atoms with van der Waals surface area (Å²) < 4.78 is 16.9. The molecule has 0 rings (SSSR count). The van der Waals surface area contributed by atoms with Gasteiger partial charge in [-0.3, -0.25) is 14.4 Å². The minimum absolute atomic E-state index is 0.0828. The number of ether oxygens (including phenoxy) is 3. The number of esters is 3. The fraction of sp³-hybridized carbons (Fsp3) is 0.738. The van der Waals surface area contributed by atoms with Crippen LogP contribution in [-0.2, 0) is 28.6 Å². The van der Waals surface area contributed by atoms with Crippen molar-refractivity contribution >= 4 is 17.9 Å². The van der Waals surface area contributed by atoms with Gasteiger partial charge >= 0.3 is 17.9 Å². The predicted molar refractivity (Wildman–Crippen MR) is 307 cm³/mol. The van der Waals surface area contributed by atoms with Gasteiger partial charge in [-0.15, -0.1) is 0 Å². The minimum Gasteiger partial charge on any atom is -0.462 e. The van der Waals surface area contributed by atoms with Gasteiger partial charge in [0.15, 0.2) is 6.10 Å². The van der Waals surface area contributed by atoms with Gasteiger partial charge in [0.25, 0.3) is 0 Å². The monoisotopic (exact) mass is 989 g/mol. The summed E-state index contributed by atoms with van der Waals surface area (Å²) >= 11 is 0. The molecule has 0 aromatic carbocycles. The van der Waals surface area contributed by atoms with Crippen molar-refractivity contribution in [3.05, 3.63) is 85.1 Å². The number of allylic oxidation sites excluding steroid dienone is 14. The first kappa shape index (κ1) is 67.6. The highest BCUT2D eigenvalue weighted by Crippen LogP contribution is 2.15. The van der Waals surface area contributed by atoms with Crippen LogP contribution in [0, 0.1) is 0 Å². The molecule has 71 heavy (non-hydrogen) atoms. The Morgan fingerprint density at radius 1 is 0.296 bits per heavy atom. The van der Waals surface area contributed by atoms with Crippen molar-refractivity contribution in [1.29, 1.82) is 0 Å². The van der Waals surface area contributed by atoms with E-state index in [2.05, 4.69) is 106 Å². The number of hydrogen-bond donors (Lipinski definition) is 0. The van der Waals surface area contributed by atoms with Gasteiger partial charge in [-0.25, -0.2) is 0 Å². The molecule has 0 aliphatic heterocycles. The third-order valence-electron chi connectivity index (χ3n) is 12.9. The first-order valence-corrected chi connectivity index (χ1v) is 30.1. The fourth-order valence-corrected chi connectivity index (χ4v) is 8.34. The molecule has 408 valence electrons. The Kier molecular flexibility index (Phi) is 56.3. The van der Waals surface area contributed by atoms with Crippen molar-refractivity contribution in [2.24, 2.45) is 0 Å². The summed E-state index contributed by atoms with van der Waals surface area (Å²) in [5.41, 5.74) is 0. The summed E-state index contributed by atoms with van der Waals surface area (Å²) in [7, 11) is 0. The van der Waals surface area contributed by atoms with Gasteiger partial charge in [-0.05, 0) is 116 Å². The van der Waals surface area contributed by atoms with Gasteiger partial charge in [0.2, 0.25) is 0 Å². The Hall–Kier alpha value is -3.41. The molecule has 0 aromatic rings. The number of carbonyl (C=O) groups excluding carboxylic acids is 3. The average Bonchev–Trinajstić information content (AvgIpc) is 3.37. The highest BCUT2D eigenvalue weighted by Gasteiger charge is 2.19. The zero-order valence-corrected chi connectivity index (χ0v) is 46.7. The van der Waals surface area contributed by atoms with Crippen LogP contribution in [0.2, 0.25) is 0 Å². The van der Waals surface area contributed by atoms with E-state index < -0.39 is 6.10 Å². The topological polar surface area (TPSA) is 78.9 Å². The van der Waals surface area contributed by atoms with Crippen molar-refractivity contribution < 1.29 is 28.6 Å². The van der Waals surface area contributed by atoms with E-state index in [0.29, 0.717) is 19.3 Å². The standard InChI is InChI=1S/C65H112O6/c1-4-7-10-13-16-19-22-25-26-27-28-29-30-31-32-33-34-35-36-37-38-41-43-46-49-52-55-58-64(67)70-61-62(71-65(68)59-56-53-50-47-44-40-24-21-18-15-12-9-6-3)60-69-63(66)57-54-51-48-45-42-39-23-20-17-14-11-8-5-2/h7,10,16,19-21,23-26,28-29,31-32,62H,4-6,8-9,11-15,17-18,22,27,30,33-61H2,1-3H3/b10-7-,19-16-,23-20-,24-21-,26-25-,29-28-,32-31-. The van der Waals surface area contributed by atoms with Crippen molar-refractivity contribution in [3.63, 3.8) is 0 Å². The lowest BCUT2D eigenvalue weighted by molar-refractivity contribution is -0.167. The molecule has 0 bridgehead atoms. The van der Waals surface area contributed by atoms with Crippen LogP contribution in [0.5, 0.6) is 0 Å². The van der Waals surface area contributed by atoms with Gasteiger partial charge in [-0.2, -0.15) is 0 Å². The molecule has 1 atom stereocenters. The fourth-order valence-electron chi connectivity index (χ4n) is 8.34. The van der Waals surface area contributed by atoms with Gasteiger partial charge < -0.3 is 14.2 Å². The summed E-state index contributed by atoms with van der Waals surface area (Å²) in [4.78, 5) is 38.1. The van der Waals surface area contributed by atoms with E-state index in [-0.39, 0.29) is 31.1 Å². The van der Waals surface area contributed by atoms with Gasteiger partial charge in [-0.1, -0.05) is 241 Å². The highest BCUT2D eigenvalue weighted by atomic mass is 16.6. The van der Waals surface area contributed by atoms with Gasteiger partial charge in [0, 0.05) is 19.3 Å². The molecular formula is C65H112O6. The first-order valence-electron chi connectivity index (χ1n) is 30.1. The molecule has 6 nitrogen and oxygen atoms in total. The lowest BCUT2D eigenvalue weighted by Crippen LogP contribution is -2.30. The van der Waals surface area contributed by atoms with Crippen molar-refractivity contribution in [2.45, 2.75) is 297 Å². The quantitative estimate of drug-likeness (QED) is 0.0261. The first-order chi connectivity index (χ1) is 35.0. The average molecular weight is 990 g/mol. The second-order valence-electron chi connectivity index (χ2n) is 19.9. The zero-order valence-electron chi connectivity index (χ0n) is 46.7. The van der Waals surface area contributed by atoms with Gasteiger partial charge in [0.05, 0.1) is 0 Å². The normalized spacial score (nSPS) is 12.7. The van der Waals surface area contributed by atoms with E-state index in [4.69, 9.17) is 14.2 Å². The molecule has 0 heterocycles. The molecule has 0 amide bonds. The predicted octanol–water partition coefficient (Wildman–Crippen LogP) is 20.3. The maximum Gasteiger partial charge on any atom is 0.306 e. The van der Waals surface area contributed by atoms with Crippen LogP contribution in [0.1, 0.15) is 290 Å². The number of carbonyl (C=O) groups is 3. The molecule has 0 saturated heterocycles. The summed E-state index contributed by atoms with van der Waals surface area (Å²) in [6.07, 6.45) is 77.2. The Morgan fingerprint density at radius 2 is 0.549 bits per heavy atom. The van der Waals surface area contributed by atoms with E-state index in [1.165, 1.54) is 141 Å². The Labute approximate surface area is 439 Å². The SMILES string of the molecule is CC/C=C\C/C=C\C/C=C\C/C=C\C/C=C\CCCCCCCCCCCCCC(=O)OCC(COC(=O)CCCCCCC/C=C\CCCCCC)OC(=O)CCCCCCC/C=C\CCCCCC. The van der Waals surface area contributed by atoms with E-state index >= 15 is 0 Å². The second-order valence-corrected chi connectivity index (χ2v) is 19.9. The third kappa shape index (κ3) is 57.4. The lowest BCUT2D eigenvalue weighted by Gasteiger charge is -2.18. The smallest absolute Gasteiger partial charge is 0.306 e. The zero-order chi connectivity index (χ0) is 51.4. The molecule has 0 saturated carbocycles. The van der Waals surface area contributed by atoms with Gasteiger partial charge in [0.1, 0.15) is 13.2 Å². The molecule has 0 fully saturated rings. The maximum absolute atomic E-state index is 12.8. The molecule has 0 N–H and O–H groups in total. The molecule has 0 aliphatic rings. The van der Waals surface area contributed by atoms with Crippen molar-refractivity contribution in [3.8, 4) is 0 Å². The molecular weight excluding hydrogens is 877 g/mol. The summed E-state index contributed by atoms with van der Waals surface area (Å²) in [6.45, 7) is 6.49. The van der Waals surface area contributed by atoms with E-state index in [1.54, 1.807) is 0 Å². The Bertz CT molecular complexity index is 1370. The molecule has 0 radical (unpaired) electrons. The summed E-state index contributed by atoms with van der Waals surface area (Å²) in [5.74, 6) is -0.896. The largest absolute Gasteiger partial charge is 0.462 e. The Balaban J connectivity index is 4.26. The maximum atomic E-state index is 12.8. The molecule has 1 unspecified atom stereocenters. The Morgan fingerprint density at radius 3 is 0.873 bits per heavy atom. The summed E-state index contributed by atoms with van der Waals surface area (Å²) in [6, 6.07) is 0. The molecule has 6 heteroatoms. The van der Waals surface area contributed by atoms with Crippen LogP contribution in [0.3, 0.4) is 0 Å². The summed E-state index contributed by atoms with van der Waals surface area (Å²) in [5, 5.41) is 0. The van der Waals surface area contributed by atoms with E-state index in [1.807, 2.05) is 0 Å². The minimum atomic E-state index is -0.784. The van der Waals surface area contributed by atoms with Crippen LogP contribution in [0.4, 0.5) is 0 Å². The molecule has 0 aromatic heterocycles. The second kappa shape index (κ2) is 59.2. The molecule has 0 spiro atoms. The third-order valence-corrected chi connectivity index (χ3v) is 12.9. The molecule has 0 aliphatic carbocycles. The number of hydrogen-bond acceptors (Lipinski definition) is 6. The van der Waals surface area contributed by atoms with Crippen LogP contribution in [0.25, 0.3) is 0 Å². The van der Waals surface area contributed by atoms with Crippen LogP contribution < -0.4 is 0 Å². The van der Waals surface area contributed by atoms with Crippen LogP contribution >= 0.6 is 0 Å². The number of rotatable bonds is 54. The number of unbranched alkanes of at least 4 members (excludes halogenated alkanes) is 29. The lowest BCUT2D eigenvalue weighted by atomic mass is 10.0. The van der Waals surface area contributed by atoms with Crippen LogP contribution in [0.15, 0.2) is 85.1 Å². The van der Waals surface area contributed by atoms with E-state index in [0.717, 1.165) is 109 Å². The van der Waals surface area contributed by atoms with Crippen molar-refractivity contribution in [1.82, 2.24) is 0 Å².